The molecule has 32 heavy (non-hydrogen) atoms. The molecule has 2 aromatic carbocycles. The highest BCUT2D eigenvalue weighted by Gasteiger charge is 2.35. The third-order valence-corrected chi connectivity index (χ3v) is 5.48. The van der Waals surface area contributed by atoms with Crippen LogP contribution >= 0.6 is 0 Å². The van der Waals surface area contributed by atoms with E-state index in [0.717, 1.165) is 49.0 Å². The zero-order valence-electron chi connectivity index (χ0n) is 19.0. The van der Waals surface area contributed by atoms with Gasteiger partial charge in [0.25, 0.3) is 0 Å². The van der Waals surface area contributed by atoms with Crippen LogP contribution in [0, 0.1) is 0 Å². The van der Waals surface area contributed by atoms with Crippen molar-refractivity contribution in [3.8, 4) is 11.5 Å². The molecule has 0 N–H and O–H groups in total. The number of hydrogen-bond acceptors (Lipinski definition) is 5. The number of methoxy groups -OCH3 is 2. The molecule has 0 aliphatic carbocycles. The minimum Gasteiger partial charge on any atom is -0.497 e. The summed E-state index contributed by atoms with van der Waals surface area (Å²) >= 11 is 0. The molecular formula is C27H30O5. The predicted octanol–water partition coefficient (Wildman–Crippen LogP) is 5.98. The Balaban J connectivity index is 1.96. The second kappa shape index (κ2) is 11.3. The van der Waals surface area contributed by atoms with Crippen molar-refractivity contribution < 1.29 is 23.8 Å². The van der Waals surface area contributed by atoms with Gasteiger partial charge in [-0.2, -0.15) is 0 Å². The average Bonchev–Trinajstić information content (AvgIpc) is 3.14. The van der Waals surface area contributed by atoms with E-state index in [1.165, 1.54) is 0 Å². The normalized spacial score (nSPS) is 14.6. The molecule has 5 heteroatoms. The lowest BCUT2D eigenvalue weighted by molar-refractivity contribution is -0.134. The molecule has 1 aliphatic rings. The van der Waals surface area contributed by atoms with Crippen molar-refractivity contribution in [1.29, 1.82) is 0 Å². The van der Waals surface area contributed by atoms with Gasteiger partial charge in [0.2, 0.25) is 0 Å². The maximum absolute atomic E-state index is 13.0. The molecule has 0 fully saturated rings. The number of allylic oxidation sites excluding steroid dienone is 1. The molecule has 0 aromatic heterocycles. The number of carbonyl (C=O) groups is 2. The molecule has 0 atom stereocenters. The lowest BCUT2D eigenvalue weighted by atomic mass is 9.94. The Hall–Kier alpha value is -3.34. The quantitative estimate of drug-likeness (QED) is 0.247. The number of ether oxygens (including phenoxy) is 3. The highest BCUT2D eigenvalue weighted by molar-refractivity contribution is 6.27. The Kier molecular flexibility index (Phi) is 8.26. The van der Waals surface area contributed by atoms with Crippen LogP contribution in [0.4, 0.5) is 0 Å². The first-order chi connectivity index (χ1) is 15.6. The maximum atomic E-state index is 13.0. The molecule has 0 spiro atoms. The SMILES string of the molecule is CCCCCCCC(=O)C1=C(c2ccc(OC)cc2)/C(=C/c2ccc(OC)cc2)OC1=O. The van der Waals surface area contributed by atoms with Crippen LogP contribution < -0.4 is 9.47 Å². The Morgan fingerprint density at radius 1 is 0.875 bits per heavy atom. The third kappa shape index (κ3) is 5.67. The summed E-state index contributed by atoms with van der Waals surface area (Å²) in [6.45, 7) is 2.16. The van der Waals surface area contributed by atoms with E-state index in [-0.39, 0.29) is 11.4 Å². The van der Waals surface area contributed by atoms with Crippen molar-refractivity contribution in [3.63, 3.8) is 0 Å². The van der Waals surface area contributed by atoms with Crippen molar-refractivity contribution in [2.75, 3.05) is 14.2 Å². The molecule has 0 saturated carbocycles. The summed E-state index contributed by atoms with van der Waals surface area (Å²) in [6.07, 6.45) is 7.26. The lowest BCUT2D eigenvalue weighted by Crippen LogP contribution is -2.10. The molecule has 0 bridgehead atoms. The van der Waals surface area contributed by atoms with Gasteiger partial charge in [-0.25, -0.2) is 4.79 Å². The van der Waals surface area contributed by atoms with Crippen molar-refractivity contribution >= 4 is 23.4 Å². The number of carbonyl (C=O) groups excluding carboxylic acids is 2. The average molecular weight is 435 g/mol. The van der Waals surface area contributed by atoms with Crippen LogP contribution in [0.1, 0.15) is 56.6 Å². The van der Waals surface area contributed by atoms with Crippen molar-refractivity contribution in [3.05, 3.63) is 71.0 Å². The third-order valence-electron chi connectivity index (χ3n) is 5.48. The Morgan fingerprint density at radius 2 is 1.47 bits per heavy atom. The van der Waals surface area contributed by atoms with Crippen molar-refractivity contribution in [2.24, 2.45) is 0 Å². The first-order valence-corrected chi connectivity index (χ1v) is 11.1. The summed E-state index contributed by atoms with van der Waals surface area (Å²) in [5, 5.41) is 0. The van der Waals surface area contributed by atoms with E-state index in [1.807, 2.05) is 48.5 Å². The van der Waals surface area contributed by atoms with Crippen LogP contribution in [-0.2, 0) is 14.3 Å². The van der Waals surface area contributed by atoms with E-state index >= 15 is 0 Å². The minimum atomic E-state index is -0.589. The van der Waals surface area contributed by atoms with Gasteiger partial charge in [0, 0.05) is 12.0 Å². The zero-order chi connectivity index (χ0) is 22.9. The molecule has 2 aromatic rings. The van der Waals surface area contributed by atoms with Crippen molar-refractivity contribution in [1.82, 2.24) is 0 Å². The van der Waals surface area contributed by atoms with Gasteiger partial charge < -0.3 is 14.2 Å². The first kappa shape index (κ1) is 23.3. The van der Waals surface area contributed by atoms with Gasteiger partial charge >= 0.3 is 5.97 Å². The van der Waals surface area contributed by atoms with Gasteiger partial charge in [0.1, 0.15) is 22.8 Å². The number of benzene rings is 2. The Bertz CT molecular complexity index is 997. The summed E-state index contributed by atoms with van der Waals surface area (Å²) in [5.41, 5.74) is 2.25. The lowest BCUT2D eigenvalue weighted by Gasteiger charge is -2.08. The van der Waals surface area contributed by atoms with E-state index in [2.05, 4.69) is 6.92 Å². The summed E-state index contributed by atoms with van der Waals surface area (Å²) in [5.74, 6) is 1.05. The second-order valence-electron chi connectivity index (χ2n) is 7.74. The Morgan fingerprint density at radius 3 is 2.06 bits per heavy atom. The van der Waals surface area contributed by atoms with E-state index in [4.69, 9.17) is 14.2 Å². The topological polar surface area (TPSA) is 61.8 Å². The predicted molar refractivity (Wildman–Crippen MR) is 125 cm³/mol. The highest BCUT2D eigenvalue weighted by Crippen LogP contribution is 2.37. The standard InChI is InChI=1S/C27H30O5/c1-4-5-6-7-8-9-23(28)26-25(20-12-16-22(31-3)17-13-20)24(32-27(26)29)18-19-10-14-21(30-2)15-11-19/h10-18H,4-9H2,1-3H3/b24-18-. The van der Waals surface area contributed by atoms with Gasteiger partial charge in [0.15, 0.2) is 5.78 Å². The molecule has 1 aliphatic heterocycles. The van der Waals surface area contributed by atoms with Gasteiger partial charge in [-0.3, -0.25) is 4.79 Å². The summed E-state index contributed by atoms with van der Waals surface area (Å²) in [6, 6.07) is 14.7. The van der Waals surface area contributed by atoms with E-state index < -0.39 is 5.97 Å². The number of rotatable bonds is 11. The van der Waals surface area contributed by atoms with Gasteiger partial charge in [-0.1, -0.05) is 56.9 Å². The molecule has 0 unspecified atom stereocenters. The van der Waals surface area contributed by atoms with Crippen LogP contribution in [0.15, 0.2) is 59.9 Å². The van der Waals surface area contributed by atoms with Crippen LogP contribution in [0.2, 0.25) is 0 Å². The molecule has 3 rings (SSSR count). The first-order valence-electron chi connectivity index (χ1n) is 11.1. The van der Waals surface area contributed by atoms with Crippen LogP contribution in [-0.4, -0.2) is 26.0 Å². The van der Waals surface area contributed by atoms with E-state index in [9.17, 15) is 9.59 Å². The second-order valence-corrected chi connectivity index (χ2v) is 7.74. The maximum Gasteiger partial charge on any atom is 0.347 e. The number of hydrogen-bond donors (Lipinski definition) is 0. The summed E-state index contributed by atoms with van der Waals surface area (Å²) in [4.78, 5) is 25.8. The summed E-state index contributed by atoms with van der Waals surface area (Å²) < 4.78 is 16.0. The van der Waals surface area contributed by atoms with Gasteiger partial charge in [-0.05, 0) is 47.9 Å². The molecule has 5 nitrogen and oxygen atoms in total. The van der Waals surface area contributed by atoms with Gasteiger partial charge in [0.05, 0.1) is 14.2 Å². The van der Waals surface area contributed by atoms with Crippen LogP contribution in [0.25, 0.3) is 11.6 Å². The number of Topliss-reactive ketones (excluding diaryl/α,β-unsaturated/α-hetero) is 1. The highest BCUT2D eigenvalue weighted by atomic mass is 16.5. The van der Waals surface area contributed by atoms with Crippen LogP contribution in [0.3, 0.4) is 0 Å². The van der Waals surface area contributed by atoms with Gasteiger partial charge in [-0.15, -0.1) is 0 Å². The smallest absolute Gasteiger partial charge is 0.347 e. The van der Waals surface area contributed by atoms with E-state index in [0.29, 0.717) is 23.5 Å². The molecule has 1 heterocycles. The fourth-order valence-electron chi connectivity index (χ4n) is 3.69. The fourth-order valence-corrected chi connectivity index (χ4v) is 3.69. The summed E-state index contributed by atoms with van der Waals surface area (Å²) in [7, 11) is 3.20. The van der Waals surface area contributed by atoms with Crippen LogP contribution in [0.5, 0.6) is 11.5 Å². The molecule has 0 amide bonds. The molecule has 0 radical (unpaired) electrons. The number of ketones is 1. The largest absolute Gasteiger partial charge is 0.497 e. The minimum absolute atomic E-state index is 0.130. The van der Waals surface area contributed by atoms with Crippen molar-refractivity contribution in [2.45, 2.75) is 45.4 Å². The fraction of sp³-hybridized carbons (Fsp3) is 0.333. The molecule has 168 valence electrons. The molecular weight excluding hydrogens is 404 g/mol. The number of esters is 1. The number of cyclic esters (lactones) is 1. The Labute approximate surface area is 189 Å². The monoisotopic (exact) mass is 434 g/mol. The molecule has 0 saturated heterocycles. The van der Waals surface area contributed by atoms with E-state index in [1.54, 1.807) is 20.3 Å². The zero-order valence-corrected chi connectivity index (χ0v) is 19.0. The number of unbranched alkanes of at least 4 members (excludes halogenated alkanes) is 4.